The molecule has 0 aromatic rings. The van der Waals surface area contributed by atoms with E-state index in [0.29, 0.717) is 0 Å². The van der Waals surface area contributed by atoms with Crippen molar-refractivity contribution in [2.45, 2.75) is 17.9 Å². The molecular formula is C5H10NO4. The van der Waals surface area contributed by atoms with Gasteiger partial charge in [-0.2, -0.15) is 0 Å². The Morgan fingerprint density at radius 3 is 2.50 bits per heavy atom. The minimum atomic E-state index is -1.85. The Morgan fingerprint density at radius 1 is 1.70 bits per heavy atom. The maximum atomic E-state index is 9.13. The van der Waals surface area contributed by atoms with Crippen LogP contribution in [0.1, 0.15) is 0 Å². The lowest BCUT2D eigenvalue weighted by molar-refractivity contribution is -0.0876. The van der Waals surface area contributed by atoms with Crippen LogP contribution >= 0.6 is 0 Å². The van der Waals surface area contributed by atoms with Crippen LogP contribution in [0.15, 0.2) is 0 Å². The molecule has 1 heterocycles. The number of hydrogen-bond donors (Lipinski definition) is 4. The van der Waals surface area contributed by atoms with Crippen LogP contribution in [0.25, 0.3) is 0 Å². The zero-order chi connectivity index (χ0) is 7.78. The van der Waals surface area contributed by atoms with Crippen molar-refractivity contribution in [2.24, 2.45) is 5.73 Å². The lowest BCUT2D eigenvalue weighted by atomic mass is 10.1. The van der Waals surface area contributed by atoms with Crippen molar-refractivity contribution in [2.75, 3.05) is 6.61 Å². The largest absolute Gasteiger partial charge is 0.393 e. The van der Waals surface area contributed by atoms with Crippen LogP contribution in [0.4, 0.5) is 0 Å². The van der Waals surface area contributed by atoms with Crippen LogP contribution in [-0.2, 0) is 4.74 Å². The van der Waals surface area contributed by atoms with E-state index >= 15 is 0 Å². The third kappa shape index (κ3) is 1.02. The van der Waals surface area contributed by atoms with Crippen LogP contribution < -0.4 is 5.73 Å². The summed E-state index contributed by atoms with van der Waals surface area (Å²) in [4.78, 5) is 0. The highest BCUT2D eigenvalue weighted by molar-refractivity contribution is 4.99. The summed E-state index contributed by atoms with van der Waals surface area (Å²) in [6.45, 7) is 0.585. The third-order valence-corrected chi connectivity index (χ3v) is 1.53. The first-order valence-electron chi connectivity index (χ1n) is 2.88. The molecule has 5 N–H and O–H groups in total. The van der Waals surface area contributed by atoms with Crippen LogP contribution in [0, 0.1) is 6.61 Å². The fraction of sp³-hybridized carbons (Fsp3) is 0.800. The Labute approximate surface area is 58.0 Å². The second kappa shape index (κ2) is 2.44. The van der Waals surface area contributed by atoms with Gasteiger partial charge in [0, 0.05) is 0 Å². The van der Waals surface area contributed by atoms with Gasteiger partial charge in [-0.1, -0.05) is 0 Å². The fourth-order valence-corrected chi connectivity index (χ4v) is 0.767. The van der Waals surface area contributed by atoms with Crippen LogP contribution in [-0.4, -0.2) is 39.9 Å². The van der Waals surface area contributed by atoms with Crippen molar-refractivity contribution in [3.05, 3.63) is 6.61 Å². The molecule has 1 aliphatic heterocycles. The molecule has 1 saturated heterocycles. The molecule has 0 aromatic heterocycles. The molecule has 0 saturated carbocycles. The number of hydrogen-bond acceptors (Lipinski definition) is 5. The molecule has 0 spiro atoms. The molecular weight excluding hydrogens is 138 g/mol. The third-order valence-electron chi connectivity index (χ3n) is 1.53. The highest BCUT2D eigenvalue weighted by Crippen LogP contribution is 2.23. The van der Waals surface area contributed by atoms with Crippen LogP contribution in [0.2, 0.25) is 0 Å². The highest BCUT2D eigenvalue weighted by Gasteiger charge is 2.46. The Balaban J connectivity index is 2.64. The summed E-state index contributed by atoms with van der Waals surface area (Å²) in [6, 6.07) is 0. The van der Waals surface area contributed by atoms with E-state index in [9.17, 15) is 0 Å². The predicted octanol–water partition coefficient (Wildman–Crippen LogP) is -2.45. The van der Waals surface area contributed by atoms with E-state index in [1.165, 1.54) is 0 Å². The Hall–Kier alpha value is -0.200. The molecule has 5 heteroatoms. The molecule has 0 amide bonds. The van der Waals surface area contributed by atoms with Gasteiger partial charge in [0.15, 0.2) is 5.72 Å². The molecule has 0 unspecified atom stereocenters. The van der Waals surface area contributed by atoms with E-state index in [4.69, 9.17) is 21.1 Å². The standard InChI is InChI=1S/C5H10NO4/c6-5(9)3(8)2-10-4(5)1-7/h2-4,7-9H,1,6H2/t3-,4+,5-/m1/s1. The number of rotatable bonds is 1. The van der Waals surface area contributed by atoms with Gasteiger partial charge in [-0.05, 0) is 0 Å². The summed E-state index contributed by atoms with van der Waals surface area (Å²) in [5.74, 6) is 0. The monoisotopic (exact) mass is 148 g/mol. The SMILES string of the molecule is N[C@@]1(O)[C@H](O)[CH]O[C@H]1CO. The average Bonchev–Trinajstić information content (AvgIpc) is 2.10. The van der Waals surface area contributed by atoms with Gasteiger partial charge in [-0.3, -0.25) is 5.73 Å². The van der Waals surface area contributed by atoms with Crippen molar-refractivity contribution in [3.8, 4) is 0 Å². The Morgan fingerprint density at radius 2 is 2.30 bits per heavy atom. The second-order valence-corrected chi connectivity index (χ2v) is 2.28. The van der Waals surface area contributed by atoms with E-state index in [0.717, 1.165) is 6.61 Å². The normalized spacial score (nSPS) is 48.0. The van der Waals surface area contributed by atoms with Crippen molar-refractivity contribution in [1.82, 2.24) is 0 Å². The number of nitrogens with two attached hydrogens (primary N) is 1. The topological polar surface area (TPSA) is 95.9 Å². The van der Waals surface area contributed by atoms with Crippen molar-refractivity contribution < 1.29 is 20.1 Å². The van der Waals surface area contributed by atoms with Gasteiger partial charge in [0.1, 0.15) is 18.8 Å². The van der Waals surface area contributed by atoms with Gasteiger partial charge < -0.3 is 20.1 Å². The maximum Gasteiger partial charge on any atom is 0.171 e. The molecule has 1 fully saturated rings. The van der Waals surface area contributed by atoms with E-state index < -0.39 is 24.5 Å². The summed E-state index contributed by atoms with van der Waals surface area (Å²) >= 11 is 0. The molecule has 0 aliphatic carbocycles. The highest BCUT2D eigenvalue weighted by atomic mass is 16.5. The van der Waals surface area contributed by atoms with Crippen molar-refractivity contribution >= 4 is 0 Å². The van der Waals surface area contributed by atoms with Crippen LogP contribution in [0.3, 0.4) is 0 Å². The summed E-state index contributed by atoms with van der Waals surface area (Å²) < 4.78 is 4.63. The van der Waals surface area contributed by atoms with Crippen molar-refractivity contribution in [3.63, 3.8) is 0 Å². The molecule has 1 radical (unpaired) electrons. The minimum Gasteiger partial charge on any atom is -0.393 e. The Kier molecular flexibility index (Phi) is 1.93. The quantitative estimate of drug-likeness (QED) is 0.309. The first-order chi connectivity index (χ1) is 4.59. The van der Waals surface area contributed by atoms with E-state index in [1.54, 1.807) is 0 Å². The van der Waals surface area contributed by atoms with Crippen molar-refractivity contribution in [1.29, 1.82) is 0 Å². The van der Waals surface area contributed by atoms with Gasteiger partial charge in [-0.25, -0.2) is 0 Å². The van der Waals surface area contributed by atoms with Gasteiger partial charge >= 0.3 is 0 Å². The fourth-order valence-electron chi connectivity index (χ4n) is 0.767. The van der Waals surface area contributed by atoms with Gasteiger partial charge in [0.2, 0.25) is 0 Å². The number of aliphatic hydroxyl groups is 3. The number of ether oxygens (including phenoxy) is 1. The van der Waals surface area contributed by atoms with Crippen LogP contribution in [0.5, 0.6) is 0 Å². The summed E-state index contributed by atoms with van der Waals surface area (Å²) in [7, 11) is 0. The first kappa shape index (κ1) is 7.90. The molecule has 1 aliphatic rings. The second-order valence-electron chi connectivity index (χ2n) is 2.28. The zero-order valence-corrected chi connectivity index (χ0v) is 5.27. The maximum absolute atomic E-state index is 9.13. The average molecular weight is 148 g/mol. The predicted molar refractivity (Wildman–Crippen MR) is 31.4 cm³/mol. The van der Waals surface area contributed by atoms with Gasteiger partial charge in [0.05, 0.1) is 6.61 Å². The molecule has 0 bridgehead atoms. The molecule has 1 rings (SSSR count). The summed E-state index contributed by atoms with van der Waals surface area (Å²) in [6.07, 6.45) is -2.16. The van der Waals surface area contributed by atoms with E-state index in [1.807, 2.05) is 0 Å². The molecule has 10 heavy (non-hydrogen) atoms. The number of aliphatic hydroxyl groups excluding tert-OH is 2. The molecule has 3 atom stereocenters. The summed E-state index contributed by atoms with van der Waals surface area (Å²) in [5.41, 5.74) is 3.31. The zero-order valence-electron chi connectivity index (χ0n) is 5.27. The van der Waals surface area contributed by atoms with E-state index in [2.05, 4.69) is 4.74 Å². The minimum absolute atomic E-state index is 0.416. The van der Waals surface area contributed by atoms with Gasteiger partial charge in [-0.15, -0.1) is 0 Å². The molecule has 59 valence electrons. The summed E-state index contributed by atoms with van der Waals surface area (Å²) in [5, 5.41) is 26.5. The molecule has 0 aromatic carbocycles. The molecule has 5 nitrogen and oxygen atoms in total. The lowest BCUT2D eigenvalue weighted by Gasteiger charge is -2.24. The first-order valence-corrected chi connectivity index (χ1v) is 2.88. The van der Waals surface area contributed by atoms with Gasteiger partial charge in [0.25, 0.3) is 0 Å². The smallest absolute Gasteiger partial charge is 0.171 e. The Bertz CT molecular complexity index is 127. The van der Waals surface area contributed by atoms with E-state index in [-0.39, 0.29) is 0 Å². The lowest BCUT2D eigenvalue weighted by Crippen LogP contribution is -2.56.